The van der Waals surface area contributed by atoms with Gasteiger partial charge in [0.1, 0.15) is 0 Å². The molecule has 2 aromatic heterocycles. The maximum Gasteiger partial charge on any atom is 0.340 e. The van der Waals surface area contributed by atoms with Crippen LogP contribution in [0.15, 0.2) is 35.0 Å². The van der Waals surface area contributed by atoms with Crippen molar-refractivity contribution in [2.45, 2.75) is 46.7 Å². The summed E-state index contributed by atoms with van der Waals surface area (Å²) in [5.74, 6) is -0.319. The number of nitrogens with zero attached hydrogens (tertiary/aromatic N) is 1. The van der Waals surface area contributed by atoms with Crippen LogP contribution in [0.1, 0.15) is 52.3 Å². The largest absolute Gasteiger partial charge is 0.465 e. The van der Waals surface area contributed by atoms with E-state index in [1.807, 2.05) is 31.2 Å². The smallest absolute Gasteiger partial charge is 0.340 e. The number of carbonyl (C=O) groups is 2. The van der Waals surface area contributed by atoms with Crippen molar-refractivity contribution in [3.63, 3.8) is 0 Å². The van der Waals surface area contributed by atoms with Crippen LogP contribution in [0.2, 0.25) is 0 Å². The maximum absolute atomic E-state index is 13.1. The third-order valence-corrected chi connectivity index (χ3v) is 6.40. The molecule has 0 atom stereocenters. The maximum atomic E-state index is 13.1. The molecule has 0 unspecified atom stereocenters. The second kappa shape index (κ2) is 11.4. The van der Waals surface area contributed by atoms with Crippen LogP contribution in [0.3, 0.4) is 0 Å². The number of aromatic nitrogens is 1. The van der Waals surface area contributed by atoms with Gasteiger partial charge in [-0.05, 0) is 47.1 Å². The van der Waals surface area contributed by atoms with E-state index in [1.165, 1.54) is 18.4 Å². The molecule has 0 saturated carbocycles. The molecular formula is C26H32N4O3S. The molecule has 1 aromatic carbocycles. The quantitative estimate of drug-likeness (QED) is 0.395. The summed E-state index contributed by atoms with van der Waals surface area (Å²) in [7, 11) is 1.32. The summed E-state index contributed by atoms with van der Waals surface area (Å²) in [6, 6.07) is 8.02. The molecule has 0 spiro atoms. The zero-order chi connectivity index (χ0) is 24.8. The van der Waals surface area contributed by atoms with E-state index in [2.05, 4.69) is 19.2 Å². The van der Waals surface area contributed by atoms with Gasteiger partial charge in [-0.2, -0.15) is 0 Å². The van der Waals surface area contributed by atoms with E-state index >= 15 is 0 Å². The molecule has 0 aliphatic heterocycles. The molecule has 0 fully saturated rings. The standard InChI is InChI=1S/C26H32N4O3S/c1-15(2)9-22-20(12-28)25(18-7-5-17(11-27)6-8-18)19(16(3)29-22)10-24(31)30-23-14-34-13-21(23)26(32)33-4/h5-8,13-15H,9-12,27-28H2,1-4H3,(H,30,31). The summed E-state index contributed by atoms with van der Waals surface area (Å²) >= 11 is 1.32. The lowest BCUT2D eigenvalue weighted by Gasteiger charge is -2.21. The van der Waals surface area contributed by atoms with Gasteiger partial charge >= 0.3 is 5.97 Å². The number of thiophene rings is 1. The Kier molecular flexibility index (Phi) is 8.55. The van der Waals surface area contributed by atoms with E-state index in [1.54, 1.807) is 10.8 Å². The fraction of sp³-hybridized carbons (Fsp3) is 0.346. The minimum absolute atomic E-state index is 0.0955. The number of hydrogen-bond donors (Lipinski definition) is 3. The second-order valence-corrected chi connectivity index (χ2v) is 9.34. The number of rotatable bonds is 9. The molecule has 3 aromatic rings. The first-order valence-electron chi connectivity index (χ1n) is 11.2. The molecule has 2 heterocycles. The topological polar surface area (TPSA) is 120 Å². The minimum atomic E-state index is -0.487. The number of nitrogens with two attached hydrogens (primary N) is 2. The summed E-state index contributed by atoms with van der Waals surface area (Å²) < 4.78 is 4.81. The van der Waals surface area contributed by atoms with Crippen LogP contribution in [0.5, 0.6) is 0 Å². The highest BCUT2D eigenvalue weighted by atomic mass is 32.1. The van der Waals surface area contributed by atoms with E-state index in [0.717, 1.165) is 45.6 Å². The van der Waals surface area contributed by atoms with Gasteiger partial charge in [-0.15, -0.1) is 11.3 Å². The molecule has 0 aliphatic carbocycles. The molecule has 3 rings (SSSR count). The first kappa shape index (κ1) is 25.6. The molecule has 0 bridgehead atoms. The molecule has 1 amide bonds. The third kappa shape index (κ3) is 5.70. The predicted molar refractivity (Wildman–Crippen MR) is 137 cm³/mol. The van der Waals surface area contributed by atoms with Gasteiger partial charge in [-0.1, -0.05) is 38.1 Å². The summed E-state index contributed by atoms with van der Waals surface area (Å²) in [5.41, 5.74) is 19.3. The predicted octanol–water partition coefficient (Wildman–Crippen LogP) is 4.20. The molecule has 0 saturated heterocycles. The average Bonchev–Trinajstić information content (AvgIpc) is 3.27. The number of anilines is 1. The van der Waals surface area contributed by atoms with Crippen molar-refractivity contribution in [1.29, 1.82) is 0 Å². The average molecular weight is 481 g/mol. The Morgan fingerprint density at radius 3 is 2.38 bits per heavy atom. The van der Waals surface area contributed by atoms with Gasteiger partial charge in [0.2, 0.25) is 5.91 Å². The summed E-state index contributed by atoms with van der Waals surface area (Å²) in [6.07, 6.45) is 0.892. The SMILES string of the molecule is COC(=O)c1cscc1NC(=O)Cc1c(C)nc(CC(C)C)c(CN)c1-c1ccc(CN)cc1. The van der Waals surface area contributed by atoms with Gasteiger partial charge in [-0.25, -0.2) is 4.79 Å². The van der Waals surface area contributed by atoms with Gasteiger partial charge in [-0.3, -0.25) is 9.78 Å². The number of ether oxygens (including phenoxy) is 1. The number of methoxy groups -OCH3 is 1. The Labute approximate surface area is 204 Å². The Morgan fingerprint density at radius 2 is 1.79 bits per heavy atom. The molecule has 180 valence electrons. The van der Waals surface area contributed by atoms with Crippen molar-refractivity contribution in [2.75, 3.05) is 12.4 Å². The van der Waals surface area contributed by atoms with E-state index < -0.39 is 5.97 Å². The van der Waals surface area contributed by atoms with Gasteiger partial charge in [0, 0.05) is 35.2 Å². The van der Waals surface area contributed by atoms with Crippen LogP contribution in [0.25, 0.3) is 11.1 Å². The molecule has 7 nitrogen and oxygen atoms in total. The number of aryl methyl sites for hydroxylation is 1. The highest BCUT2D eigenvalue weighted by Gasteiger charge is 2.22. The van der Waals surface area contributed by atoms with E-state index in [9.17, 15) is 9.59 Å². The molecule has 0 radical (unpaired) electrons. The Bertz CT molecular complexity index is 1170. The molecule has 0 aliphatic rings. The number of benzene rings is 1. The van der Waals surface area contributed by atoms with Crippen LogP contribution >= 0.6 is 11.3 Å². The Hall–Kier alpha value is -3.07. The fourth-order valence-electron chi connectivity index (χ4n) is 4.01. The number of esters is 1. The van der Waals surface area contributed by atoms with E-state index in [4.69, 9.17) is 21.2 Å². The summed E-state index contributed by atoms with van der Waals surface area (Å²) in [5, 5.41) is 6.24. The molecule has 34 heavy (non-hydrogen) atoms. The van der Waals surface area contributed by atoms with Crippen molar-refractivity contribution in [3.8, 4) is 11.1 Å². The number of amides is 1. The van der Waals surface area contributed by atoms with Crippen molar-refractivity contribution in [2.24, 2.45) is 17.4 Å². The lowest BCUT2D eigenvalue weighted by Crippen LogP contribution is -2.20. The fourth-order valence-corrected chi connectivity index (χ4v) is 4.76. The Balaban J connectivity index is 2.05. The van der Waals surface area contributed by atoms with Crippen molar-refractivity contribution in [3.05, 3.63) is 68.7 Å². The second-order valence-electron chi connectivity index (χ2n) is 8.59. The lowest BCUT2D eigenvalue weighted by molar-refractivity contribution is -0.115. The third-order valence-electron chi connectivity index (χ3n) is 5.65. The Morgan fingerprint density at radius 1 is 1.09 bits per heavy atom. The normalized spacial score (nSPS) is 11.0. The van der Waals surface area contributed by atoms with Crippen molar-refractivity contribution in [1.82, 2.24) is 4.98 Å². The van der Waals surface area contributed by atoms with Crippen molar-refractivity contribution < 1.29 is 14.3 Å². The highest BCUT2D eigenvalue weighted by Crippen LogP contribution is 2.33. The van der Waals surface area contributed by atoms with Crippen LogP contribution in [-0.2, 0) is 35.5 Å². The van der Waals surface area contributed by atoms with Gasteiger partial charge in [0.25, 0.3) is 0 Å². The monoisotopic (exact) mass is 480 g/mol. The van der Waals surface area contributed by atoms with Crippen LogP contribution in [0.4, 0.5) is 5.69 Å². The van der Waals surface area contributed by atoms with E-state index in [-0.39, 0.29) is 12.3 Å². The highest BCUT2D eigenvalue weighted by molar-refractivity contribution is 7.08. The summed E-state index contributed by atoms with van der Waals surface area (Å²) in [4.78, 5) is 30.0. The molecule has 8 heteroatoms. The van der Waals surface area contributed by atoms with Crippen LogP contribution in [-0.4, -0.2) is 24.0 Å². The summed E-state index contributed by atoms with van der Waals surface area (Å²) in [6.45, 7) is 6.99. The first-order chi connectivity index (χ1) is 16.3. The first-order valence-corrected chi connectivity index (χ1v) is 12.2. The van der Waals surface area contributed by atoms with Gasteiger partial charge in [0.05, 0.1) is 24.8 Å². The number of carbonyl (C=O) groups excluding carboxylic acids is 2. The molecule has 5 N–H and O–H groups in total. The number of pyridine rings is 1. The molecular weight excluding hydrogens is 448 g/mol. The van der Waals surface area contributed by atoms with Gasteiger partial charge in [0.15, 0.2) is 0 Å². The lowest BCUT2D eigenvalue weighted by atomic mass is 9.88. The number of nitrogens with one attached hydrogen (secondary N) is 1. The van der Waals surface area contributed by atoms with Crippen LogP contribution in [0, 0.1) is 12.8 Å². The van der Waals surface area contributed by atoms with Crippen LogP contribution < -0.4 is 16.8 Å². The van der Waals surface area contributed by atoms with E-state index in [0.29, 0.717) is 30.3 Å². The van der Waals surface area contributed by atoms with Gasteiger partial charge < -0.3 is 21.5 Å². The minimum Gasteiger partial charge on any atom is -0.465 e. The number of hydrogen-bond acceptors (Lipinski definition) is 7. The van der Waals surface area contributed by atoms with Crippen molar-refractivity contribution >= 4 is 28.9 Å². The zero-order valence-electron chi connectivity index (χ0n) is 20.1. The zero-order valence-corrected chi connectivity index (χ0v) is 20.9.